The predicted octanol–water partition coefficient (Wildman–Crippen LogP) is 4.46. The molecule has 0 aliphatic carbocycles. The minimum absolute atomic E-state index is 0. The molecule has 34 heavy (non-hydrogen) atoms. The van der Waals surface area contributed by atoms with Crippen molar-refractivity contribution in [2.75, 3.05) is 48.8 Å². The molecule has 1 aromatic heterocycles. The smallest absolute Gasteiger partial charge is 0.258 e. The highest BCUT2D eigenvalue weighted by molar-refractivity contribution is 6.12. The number of rotatable bonds is 5. The van der Waals surface area contributed by atoms with Gasteiger partial charge in [-0.3, -0.25) is 9.59 Å². The number of halogens is 1. The zero-order valence-electron chi connectivity index (χ0n) is 19.5. The summed E-state index contributed by atoms with van der Waals surface area (Å²) in [7, 11) is 2.15. The maximum Gasteiger partial charge on any atom is 0.258 e. The lowest BCUT2D eigenvalue weighted by atomic mass is 10.1. The van der Waals surface area contributed by atoms with E-state index in [4.69, 9.17) is 0 Å². The van der Waals surface area contributed by atoms with Crippen LogP contribution in [0.4, 0.5) is 17.2 Å². The Labute approximate surface area is 206 Å². The van der Waals surface area contributed by atoms with Crippen LogP contribution in [0.3, 0.4) is 0 Å². The second-order valence-electron chi connectivity index (χ2n) is 8.36. The van der Waals surface area contributed by atoms with Crippen molar-refractivity contribution in [3.05, 3.63) is 83.6 Å². The summed E-state index contributed by atoms with van der Waals surface area (Å²) < 4.78 is 0. The average Bonchev–Trinajstić information content (AvgIpc) is 3.04. The Morgan fingerprint density at radius 2 is 1.65 bits per heavy atom. The number of benzene rings is 2. The number of pyridine rings is 1. The highest BCUT2D eigenvalue weighted by Gasteiger charge is 2.16. The Kier molecular flexibility index (Phi) is 8.62. The molecule has 0 radical (unpaired) electrons. The number of aryl methyl sites for hydroxylation is 1. The van der Waals surface area contributed by atoms with E-state index in [0.717, 1.165) is 43.9 Å². The van der Waals surface area contributed by atoms with Crippen molar-refractivity contribution in [1.82, 2.24) is 9.88 Å². The third-order valence-electron chi connectivity index (χ3n) is 5.79. The first-order valence-electron chi connectivity index (χ1n) is 11.2. The normalized spacial score (nSPS) is 14.0. The quantitative estimate of drug-likeness (QED) is 0.565. The number of aromatic nitrogens is 1. The van der Waals surface area contributed by atoms with E-state index in [1.165, 1.54) is 0 Å². The van der Waals surface area contributed by atoms with Crippen molar-refractivity contribution in [2.45, 2.75) is 13.3 Å². The third kappa shape index (κ3) is 6.34. The van der Waals surface area contributed by atoms with Crippen LogP contribution in [-0.2, 0) is 0 Å². The van der Waals surface area contributed by atoms with Crippen LogP contribution >= 0.6 is 12.4 Å². The monoisotopic (exact) mass is 479 g/mol. The van der Waals surface area contributed by atoms with Crippen molar-refractivity contribution < 1.29 is 9.59 Å². The zero-order valence-corrected chi connectivity index (χ0v) is 20.3. The molecule has 0 spiro atoms. The molecule has 2 heterocycles. The van der Waals surface area contributed by atoms with Crippen LogP contribution in [0.25, 0.3) is 0 Å². The van der Waals surface area contributed by atoms with Crippen LogP contribution in [0, 0.1) is 6.92 Å². The standard InChI is InChI=1S/C26H29N5O2.ClH/c1-19-12-13-27-24(18-19)29-26(33)22-6-3-4-7-23(22)28-25(32)20-8-10-21(11-9-20)31-15-5-14-30(2)16-17-31;/h3-4,6-13,18H,5,14-17H2,1-2H3,(H,28,32)(H,27,29,33);1H. The van der Waals surface area contributed by atoms with Gasteiger partial charge >= 0.3 is 0 Å². The Morgan fingerprint density at radius 1 is 0.882 bits per heavy atom. The Hall–Kier alpha value is -3.42. The molecule has 1 aliphatic rings. The molecule has 1 aliphatic heterocycles. The van der Waals surface area contributed by atoms with Gasteiger partial charge in [0.05, 0.1) is 11.3 Å². The van der Waals surface area contributed by atoms with Gasteiger partial charge in [0, 0.05) is 37.1 Å². The highest BCUT2D eigenvalue weighted by Crippen LogP contribution is 2.21. The number of anilines is 3. The second kappa shape index (κ2) is 11.6. The molecule has 2 amide bonds. The fraction of sp³-hybridized carbons (Fsp3) is 0.269. The fourth-order valence-corrected chi connectivity index (χ4v) is 3.90. The highest BCUT2D eigenvalue weighted by atomic mass is 35.5. The van der Waals surface area contributed by atoms with E-state index in [9.17, 15) is 9.59 Å². The van der Waals surface area contributed by atoms with Gasteiger partial charge in [0.2, 0.25) is 0 Å². The number of carbonyl (C=O) groups is 2. The Balaban J connectivity index is 0.00000324. The van der Waals surface area contributed by atoms with Gasteiger partial charge in [-0.1, -0.05) is 12.1 Å². The van der Waals surface area contributed by atoms with Crippen molar-refractivity contribution >= 4 is 41.4 Å². The molecule has 0 unspecified atom stereocenters. The molecule has 0 saturated carbocycles. The lowest BCUT2D eigenvalue weighted by Crippen LogP contribution is -2.28. The molecule has 0 atom stereocenters. The summed E-state index contributed by atoms with van der Waals surface area (Å²) in [6, 6.07) is 18.3. The van der Waals surface area contributed by atoms with Crippen LogP contribution in [0.1, 0.15) is 32.7 Å². The maximum absolute atomic E-state index is 12.9. The van der Waals surface area contributed by atoms with E-state index >= 15 is 0 Å². The molecule has 8 heteroatoms. The van der Waals surface area contributed by atoms with E-state index in [-0.39, 0.29) is 24.2 Å². The van der Waals surface area contributed by atoms with Crippen LogP contribution in [0.15, 0.2) is 66.9 Å². The molecule has 7 nitrogen and oxygen atoms in total. The van der Waals surface area contributed by atoms with Gasteiger partial charge in [0.25, 0.3) is 11.8 Å². The zero-order chi connectivity index (χ0) is 23.2. The number of nitrogens with one attached hydrogen (secondary N) is 2. The summed E-state index contributed by atoms with van der Waals surface area (Å²) in [6.07, 6.45) is 2.77. The average molecular weight is 480 g/mol. The largest absolute Gasteiger partial charge is 0.370 e. The number of carbonyl (C=O) groups excluding carboxylic acids is 2. The number of hydrogen-bond acceptors (Lipinski definition) is 5. The van der Waals surface area contributed by atoms with E-state index in [1.807, 2.05) is 37.3 Å². The van der Waals surface area contributed by atoms with E-state index in [0.29, 0.717) is 22.6 Å². The lowest BCUT2D eigenvalue weighted by Gasteiger charge is -2.23. The fourth-order valence-electron chi connectivity index (χ4n) is 3.90. The third-order valence-corrected chi connectivity index (χ3v) is 5.79. The first-order valence-corrected chi connectivity index (χ1v) is 11.2. The van der Waals surface area contributed by atoms with Crippen LogP contribution in [0.5, 0.6) is 0 Å². The lowest BCUT2D eigenvalue weighted by molar-refractivity contribution is 0.102. The van der Waals surface area contributed by atoms with E-state index in [1.54, 1.807) is 36.5 Å². The molecule has 1 fully saturated rings. The first-order chi connectivity index (χ1) is 16.0. The van der Waals surface area contributed by atoms with Gasteiger partial charge in [0.15, 0.2) is 0 Å². The van der Waals surface area contributed by atoms with Crippen molar-refractivity contribution in [3.63, 3.8) is 0 Å². The number of amides is 2. The summed E-state index contributed by atoms with van der Waals surface area (Å²) >= 11 is 0. The summed E-state index contributed by atoms with van der Waals surface area (Å²) in [4.78, 5) is 34.6. The molecule has 2 N–H and O–H groups in total. The molecule has 3 aromatic rings. The van der Waals surface area contributed by atoms with Crippen molar-refractivity contribution in [2.24, 2.45) is 0 Å². The first kappa shape index (κ1) is 25.2. The SMILES string of the molecule is Cc1ccnc(NC(=O)c2ccccc2NC(=O)c2ccc(N3CCCN(C)CC3)cc2)c1.Cl. The van der Waals surface area contributed by atoms with Gasteiger partial charge in [-0.25, -0.2) is 4.98 Å². The van der Waals surface area contributed by atoms with Crippen molar-refractivity contribution in [3.8, 4) is 0 Å². The van der Waals surface area contributed by atoms with E-state index in [2.05, 4.69) is 32.5 Å². The minimum Gasteiger partial charge on any atom is -0.370 e. The van der Waals surface area contributed by atoms with Gasteiger partial charge in [-0.05, 0) is 81.0 Å². The van der Waals surface area contributed by atoms with Gasteiger partial charge in [-0.2, -0.15) is 0 Å². The predicted molar refractivity (Wildman–Crippen MR) is 139 cm³/mol. The molecule has 1 saturated heterocycles. The summed E-state index contributed by atoms with van der Waals surface area (Å²) in [5, 5.41) is 5.67. The van der Waals surface area contributed by atoms with Crippen LogP contribution in [-0.4, -0.2) is 54.9 Å². The summed E-state index contributed by atoms with van der Waals surface area (Å²) in [6.45, 7) is 6.04. The summed E-state index contributed by atoms with van der Waals surface area (Å²) in [5.41, 5.74) is 3.48. The Bertz CT molecular complexity index is 1140. The van der Waals surface area contributed by atoms with E-state index < -0.39 is 0 Å². The van der Waals surface area contributed by atoms with Crippen molar-refractivity contribution in [1.29, 1.82) is 0 Å². The number of para-hydroxylation sites is 1. The second-order valence-corrected chi connectivity index (χ2v) is 8.36. The topological polar surface area (TPSA) is 77.6 Å². The molecule has 2 aromatic carbocycles. The van der Waals surface area contributed by atoms with Crippen LogP contribution < -0.4 is 15.5 Å². The van der Waals surface area contributed by atoms with Gasteiger partial charge < -0.3 is 20.4 Å². The molecule has 4 rings (SSSR count). The van der Waals surface area contributed by atoms with Gasteiger partial charge in [-0.15, -0.1) is 12.4 Å². The number of hydrogen-bond donors (Lipinski definition) is 2. The molecule has 178 valence electrons. The van der Waals surface area contributed by atoms with Crippen LogP contribution in [0.2, 0.25) is 0 Å². The molecule has 0 bridgehead atoms. The number of nitrogens with zero attached hydrogens (tertiary/aromatic N) is 3. The minimum atomic E-state index is -0.328. The maximum atomic E-state index is 12.9. The molecular formula is C26H30ClN5O2. The van der Waals surface area contributed by atoms with Gasteiger partial charge in [0.1, 0.15) is 5.82 Å². The molecular weight excluding hydrogens is 450 g/mol. The Morgan fingerprint density at radius 3 is 2.41 bits per heavy atom. The number of likely N-dealkylation sites (N-methyl/N-ethyl adjacent to an activating group) is 1. The summed E-state index contributed by atoms with van der Waals surface area (Å²) in [5.74, 6) is -0.118.